The van der Waals surface area contributed by atoms with E-state index in [-0.39, 0.29) is 0 Å². The Balaban J connectivity index is 1.76. The molecule has 1 aromatic heterocycles. The van der Waals surface area contributed by atoms with Crippen molar-refractivity contribution >= 4 is 32.2 Å². The van der Waals surface area contributed by atoms with Crippen LogP contribution in [0.1, 0.15) is 16.5 Å². The minimum absolute atomic E-state index is 0.610. The van der Waals surface area contributed by atoms with Gasteiger partial charge < -0.3 is 9.84 Å². The van der Waals surface area contributed by atoms with Crippen LogP contribution in [0.15, 0.2) is 66.7 Å². The molecule has 3 aromatic carbocycles. The maximum absolute atomic E-state index is 10.7. The van der Waals surface area contributed by atoms with Crippen LogP contribution in [0.25, 0.3) is 20.9 Å². The highest BCUT2D eigenvalue weighted by Gasteiger charge is 2.14. The maximum Gasteiger partial charge on any atom is 0.118 e. The number of aliphatic hydroxyl groups excluding tert-OH is 1. The lowest BCUT2D eigenvalue weighted by atomic mass is 10.1. The van der Waals surface area contributed by atoms with Crippen LogP contribution in [0.5, 0.6) is 5.75 Å². The molecule has 0 fully saturated rings. The van der Waals surface area contributed by atoms with Crippen LogP contribution in [-0.2, 0) is 0 Å². The molecule has 4 aromatic rings. The van der Waals surface area contributed by atoms with Gasteiger partial charge in [0.25, 0.3) is 0 Å². The van der Waals surface area contributed by atoms with Crippen LogP contribution >= 0.6 is 11.3 Å². The van der Waals surface area contributed by atoms with E-state index < -0.39 is 6.10 Å². The van der Waals surface area contributed by atoms with Gasteiger partial charge in [0.1, 0.15) is 11.9 Å². The number of aliphatic hydroxyl groups is 1. The second-order valence-electron chi connectivity index (χ2n) is 5.56. The minimum atomic E-state index is -0.610. The quantitative estimate of drug-likeness (QED) is 0.566. The maximum atomic E-state index is 10.7. The zero-order chi connectivity index (χ0) is 15.8. The molecule has 0 spiro atoms. The van der Waals surface area contributed by atoms with Gasteiger partial charge in [0.2, 0.25) is 0 Å². The molecule has 0 saturated carbocycles. The number of hydrogen-bond donors (Lipinski definition) is 1. The SMILES string of the molecule is COc1ccc(C(O)c2cc3cc4ccccc4cc3s2)cc1. The molecule has 1 unspecified atom stereocenters. The first-order valence-corrected chi connectivity index (χ1v) is 8.30. The highest BCUT2D eigenvalue weighted by Crippen LogP contribution is 2.35. The zero-order valence-electron chi connectivity index (χ0n) is 12.7. The topological polar surface area (TPSA) is 29.5 Å². The summed E-state index contributed by atoms with van der Waals surface area (Å²) in [5, 5.41) is 14.3. The summed E-state index contributed by atoms with van der Waals surface area (Å²) < 4.78 is 6.37. The molecule has 23 heavy (non-hydrogen) atoms. The fraction of sp³-hybridized carbons (Fsp3) is 0.100. The van der Waals surface area contributed by atoms with Crippen molar-refractivity contribution in [3.05, 3.63) is 77.2 Å². The first-order chi connectivity index (χ1) is 11.2. The third-order valence-corrected chi connectivity index (χ3v) is 5.26. The summed E-state index contributed by atoms with van der Waals surface area (Å²) in [6, 6.07) is 22.4. The molecule has 1 N–H and O–H groups in total. The van der Waals surface area contributed by atoms with Crippen LogP contribution in [0.4, 0.5) is 0 Å². The summed E-state index contributed by atoms with van der Waals surface area (Å²) in [6.07, 6.45) is -0.610. The van der Waals surface area contributed by atoms with E-state index in [0.717, 1.165) is 16.2 Å². The molecule has 3 heteroatoms. The van der Waals surface area contributed by atoms with Gasteiger partial charge in [-0.15, -0.1) is 11.3 Å². The van der Waals surface area contributed by atoms with Crippen molar-refractivity contribution < 1.29 is 9.84 Å². The standard InChI is InChI=1S/C20H16O2S/c1-22-17-8-6-13(7-9-17)20(21)19-12-16-10-14-4-2-3-5-15(14)11-18(16)23-19/h2-12,20-21H,1H3. The molecular weight excluding hydrogens is 304 g/mol. The zero-order valence-corrected chi connectivity index (χ0v) is 13.5. The summed E-state index contributed by atoms with van der Waals surface area (Å²) in [5.41, 5.74) is 0.877. The number of rotatable bonds is 3. The van der Waals surface area contributed by atoms with Crippen molar-refractivity contribution in [3.8, 4) is 5.75 Å². The summed E-state index contributed by atoms with van der Waals surface area (Å²) in [7, 11) is 1.64. The number of methoxy groups -OCH3 is 1. The molecule has 4 rings (SSSR count). The molecule has 0 aliphatic carbocycles. The Morgan fingerprint density at radius 1 is 0.870 bits per heavy atom. The van der Waals surface area contributed by atoms with Gasteiger partial charge in [0.15, 0.2) is 0 Å². The van der Waals surface area contributed by atoms with E-state index >= 15 is 0 Å². The molecule has 0 aliphatic heterocycles. The Kier molecular flexibility index (Phi) is 3.52. The Morgan fingerprint density at radius 2 is 1.57 bits per heavy atom. The van der Waals surface area contributed by atoms with Gasteiger partial charge in [0, 0.05) is 9.58 Å². The molecule has 0 bridgehead atoms. The normalized spacial score (nSPS) is 12.6. The summed E-state index contributed by atoms with van der Waals surface area (Å²) in [6.45, 7) is 0. The summed E-state index contributed by atoms with van der Waals surface area (Å²) in [4.78, 5) is 0.959. The Labute approximate surface area is 138 Å². The van der Waals surface area contributed by atoms with E-state index in [4.69, 9.17) is 4.74 Å². The molecular formula is C20H16O2S. The van der Waals surface area contributed by atoms with Crippen LogP contribution in [0, 0.1) is 0 Å². The number of benzene rings is 3. The molecule has 1 heterocycles. The molecule has 114 valence electrons. The first-order valence-electron chi connectivity index (χ1n) is 7.49. The lowest BCUT2D eigenvalue weighted by Crippen LogP contribution is -1.96. The fourth-order valence-electron chi connectivity index (χ4n) is 2.83. The first kappa shape index (κ1) is 14.2. The van der Waals surface area contributed by atoms with Crippen LogP contribution < -0.4 is 4.74 Å². The van der Waals surface area contributed by atoms with Crippen molar-refractivity contribution in [1.29, 1.82) is 0 Å². The second kappa shape index (κ2) is 5.69. The second-order valence-corrected chi connectivity index (χ2v) is 6.68. The monoisotopic (exact) mass is 320 g/mol. The molecule has 0 saturated heterocycles. The highest BCUT2D eigenvalue weighted by molar-refractivity contribution is 7.19. The average molecular weight is 320 g/mol. The van der Waals surface area contributed by atoms with Crippen molar-refractivity contribution in [2.75, 3.05) is 7.11 Å². The third-order valence-electron chi connectivity index (χ3n) is 4.10. The summed E-state index contributed by atoms with van der Waals surface area (Å²) >= 11 is 1.64. The molecule has 2 nitrogen and oxygen atoms in total. The van der Waals surface area contributed by atoms with Gasteiger partial charge in [-0.3, -0.25) is 0 Å². The number of hydrogen-bond acceptors (Lipinski definition) is 3. The number of fused-ring (bicyclic) bond motifs is 2. The Bertz CT molecular complexity index is 917. The van der Waals surface area contributed by atoms with E-state index in [1.807, 2.05) is 30.3 Å². The Morgan fingerprint density at radius 3 is 2.26 bits per heavy atom. The molecule has 0 radical (unpaired) electrons. The van der Waals surface area contributed by atoms with Crippen molar-refractivity contribution in [3.63, 3.8) is 0 Å². The van der Waals surface area contributed by atoms with Crippen LogP contribution in [-0.4, -0.2) is 12.2 Å². The van der Waals surface area contributed by atoms with Crippen molar-refractivity contribution in [1.82, 2.24) is 0 Å². The smallest absolute Gasteiger partial charge is 0.118 e. The number of ether oxygens (including phenoxy) is 1. The predicted molar refractivity (Wildman–Crippen MR) is 96.4 cm³/mol. The van der Waals surface area contributed by atoms with E-state index in [2.05, 4.69) is 36.4 Å². The van der Waals surface area contributed by atoms with Crippen molar-refractivity contribution in [2.45, 2.75) is 6.10 Å². The summed E-state index contributed by atoms with van der Waals surface area (Å²) in [5.74, 6) is 0.795. The van der Waals surface area contributed by atoms with E-state index in [1.54, 1.807) is 18.4 Å². The van der Waals surface area contributed by atoms with E-state index in [1.165, 1.54) is 20.9 Å². The van der Waals surface area contributed by atoms with Gasteiger partial charge >= 0.3 is 0 Å². The highest BCUT2D eigenvalue weighted by atomic mass is 32.1. The molecule has 1 atom stereocenters. The predicted octanol–water partition coefficient (Wildman–Crippen LogP) is 5.14. The van der Waals surface area contributed by atoms with Crippen LogP contribution in [0.2, 0.25) is 0 Å². The van der Waals surface area contributed by atoms with E-state index in [0.29, 0.717) is 0 Å². The van der Waals surface area contributed by atoms with Gasteiger partial charge in [-0.2, -0.15) is 0 Å². The van der Waals surface area contributed by atoms with Gasteiger partial charge in [-0.25, -0.2) is 0 Å². The average Bonchev–Trinajstić information content (AvgIpc) is 3.02. The number of thiophene rings is 1. The fourth-order valence-corrected chi connectivity index (χ4v) is 3.94. The lowest BCUT2D eigenvalue weighted by Gasteiger charge is -2.09. The minimum Gasteiger partial charge on any atom is -0.497 e. The lowest BCUT2D eigenvalue weighted by molar-refractivity contribution is 0.224. The Hall–Kier alpha value is -2.36. The molecule has 0 amide bonds. The largest absolute Gasteiger partial charge is 0.497 e. The third kappa shape index (κ3) is 2.58. The van der Waals surface area contributed by atoms with Gasteiger partial charge in [-0.1, -0.05) is 36.4 Å². The van der Waals surface area contributed by atoms with E-state index in [9.17, 15) is 5.11 Å². The van der Waals surface area contributed by atoms with Crippen molar-refractivity contribution in [2.24, 2.45) is 0 Å². The molecule has 0 aliphatic rings. The van der Waals surface area contributed by atoms with Gasteiger partial charge in [-0.05, 0) is 52.1 Å². The van der Waals surface area contributed by atoms with Crippen LogP contribution in [0.3, 0.4) is 0 Å². The van der Waals surface area contributed by atoms with Gasteiger partial charge in [0.05, 0.1) is 7.11 Å².